The average Bonchev–Trinajstić information content (AvgIpc) is 3.11. The molecule has 2 aromatic carbocycles. The Hall–Kier alpha value is -2.74. The van der Waals surface area contributed by atoms with Crippen molar-refractivity contribution in [2.24, 2.45) is 0 Å². The number of anilines is 1. The van der Waals surface area contributed by atoms with Crippen molar-refractivity contribution in [2.45, 2.75) is 31.7 Å². The number of hydrogen-bond donors (Lipinski definition) is 1. The Labute approximate surface area is 166 Å². The molecule has 2 atom stereocenters. The molecular formula is C21H22F3NO4. The maximum Gasteiger partial charge on any atom is 0.416 e. The summed E-state index contributed by atoms with van der Waals surface area (Å²) in [6, 6.07) is 11.2. The van der Waals surface area contributed by atoms with Crippen LogP contribution in [0, 0.1) is 0 Å². The minimum Gasteiger partial charge on any atom is -0.489 e. The predicted octanol–water partition coefficient (Wildman–Crippen LogP) is 3.90. The maximum absolute atomic E-state index is 12.7. The molecule has 0 aliphatic carbocycles. The highest BCUT2D eigenvalue weighted by molar-refractivity contribution is 5.89. The van der Waals surface area contributed by atoms with Gasteiger partial charge in [-0.3, -0.25) is 0 Å². The second-order valence-electron chi connectivity index (χ2n) is 6.75. The fourth-order valence-electron chi connectivity index (χ4n) is 3.37. The Morgan fingerprint density at radius 2 is 1.79 bits per heavy atom. The molecule has 0 aromatic heterocycles. The molecule has 1 fully saturated rings. The SMILES string of the molecule is CCOC(=O)c1ccc(N2C[C@@H](Oc3ccc(C(F)(F)F)cc3)C[C@H]2CO)cc1. The van der Waals surface area contributed by atoms with Crippen LogP contribution in [-0.2, 0) is 10.9 Å². The van der Waals surface area contributed by atoms with Gasteiger partial charge in [-0.15, -0.1) is 0 Å². The van der Waals surface area contributed by atoms with E-state index in [9.17, 15) is 23.1 Å². The van der Waals surface area contributed by atoms with Crippen LogP contribution in [-0.4, -0.2) is 43.0 Å². The Bertz CT molecular complexity index is 821. The minimum atomic E-state index is -4.39. The molecule has 1 aliphatic rings. The van der Waals surface area contributed by atoms with Crippen LogP contribution in [0.1, 0.15) is 29.3 Å². The van der Waals surface area contributed by atoms with Crippen molar-refractivity contribution in [1.82, 2.24) is 0 Å². The molecule has 3 rings (SSSR count). The fraction of sp³-hybridized carbons (Fsp3) is 0.381. The molecule has 0 saturated carbocycles. The number of aliphatic hydroxyl groups excluding tert-OH is 1. The third-order valence-corrected chi connectivity index (χ3v) is 4.78. The van der Waals surface area contributed by atoms with Crippen LogP contribution in [0.3, 0.4) is 0 Å². The summed E-state index contributed by atoms with van der Waals surface area (Å²) in [5.74, 6) is -0.0538. The van der Waals surface area contributed by atoms with Crippen molar-refractivity contribution in [3.05, 3.63) is 59.7 Å². The number of rotatable bonds is 6. The van der Waals surface area contributed by atoms with Gasteiger partial charge in [-0.2, -0.15) is 13.2 Å². The van der Waals surface area contributed by atoms with Crippen LogP contribution in [0.15, 0.2) is 48.5 Å². The van der Waals surface area contributed by atoms with Crippen molar-refractivity contribution < 1.29 is 32.5 Å². The zero-order valence-corrected chi connectivity index (χ0v) is 15.9. The van der Waals surface area contributed by atoms with Gasteiger partial charge in [0.1, 0.15) is 11.9 Å². The summed E-state index contributed by atoms with van der Waals surface area (Å²) in [5.41, 5.74) is 0.524. The quantitative estimate of drug-likeness (QED) is 0.734. The summed E-state index contributed by atoms with van der Waals surface area (Å²) < 4.78 is 48.8. The van der Waals surface area contributed by atoms with E-state index in [-0.39, 0.29) is 18.8 Å². The van der Waals surface area contributed by atoms with E-state index in [2.05, 4.69) is 0 Å². The highest BCUT2D eigenvalue weighted by Gasteiger charge is 2.34. The number of esters is 1. The Balaban J connectivity index is 1.67. The molecule has 0 amide bonds. The Morgan fingerprint density at radius 1 is 1.14 bits per heavy atom. The maximum atomic E-state index is 12.7. The second kappa shape index (κ2) is 8.73. The first-order valence-corrected chi connectivity index (χ1v) is 9.30. The third kappa shape index (κ3) is 5.00. The number of carbonyl (C=O) groups excluding carboxylic acids is 1. The number of hydrogen-bond acceptors (Lipinski definition) is 5. The molecule has 0 bridgehead atoms. The predicted molar refractivity (Wildman–Crippen MR) is 101 cm³/mol. The zero-order valence-electron chi connectivity index (χ0n) is 15.9. The van der Waals surface area contributed by atoms with Gasteiger partial charge in [0, 0.05) is 12.1 Å². The summed E-state index contributed by atoms with van der Waals surface area (Å²) in [5, 5.41) is 9.72. The minimum absolute atomic E-state index is 0.0908. The largest absolute Gasteiger partial charge is 0.489 e. The lowest BCUT2D eigenvalue weighted by atomic mass is 10.1. The number of aliphatic hydroxyl groups is 1. The standard InChI is InChI=1S/C21H22F3NO4/c1-2-28-20(27)14-3-7-16(8-4-14)25-12-19(11-17(25)13-26)29-18-9-5-15(6-10-18)21(22,23)24/h3-10,17,19,26H,2,11-13H2,1H3/t17-,19-/m0/s1. The van der Waals surface area contributed by atoms with Crippen molar-refractivity contribution in [1.29, 1.82) is 0 Å². The summed E-state index contributed by atoms with van der Waals surface area (Å²) in [6.45, 7) is 2.40. The van der Waals surface area contributed by atoms with E-state index in [4.69, 9.17) is 9.47 Å². The second-order valence-corrected chi connectivity index (χ2v) is 6.75. The van der Waals surface area contributed by atoms with Crippen LogP contribution in [0.2, 0.25) is 0 Å². The number of benzene rings is 2. The number of halogens is 3. The van der Waals surface area contributed by atoms with Gasteiger partial charge in [0.15, 0.2) is 0 Å². The molecule has 1 N–H and O–H groups in total. The van der Waals surface area contributed by atoms with E-state index < -0.39 is 17.7 Å². The molecule has 2 aromatic rings. The molecule has 1 saturated heterocycles. The molecule has 156 valence electrons. The average molecular weight is 409 g/mol. The molecule has 1 aliphatic heterocycles. The fourth-order valence-corrected chi connectivity index (χ4v) is 3.37. The lowest BCUT2D eigenvalue weighted by Crippen LogP contribution is -2.32. The Kier molecular flexibility index (Phi) is 6.32. The van der Waals surface area contributed by atoms with E-state index in [0.29, 0.717) is 30.9 Å². The van der Waals surface area contributed by atoms with Gasteiger partial charge in [-0.1, -0.05) is 0 Å². The molecule has 1 heterocycles. The van der Waals surface area contributed by atoms with Gasteiger partial charge >= 0.3 is 12.1 Å². The lowest BCUT2D eigenvalue weighted by Gasteiger charge is -2.25. The topological polar surface area (TPSA) is 59.0 Å². The molecule has 8 heteroatoms. The molecule has 29 heavy (non-hydrogen) atoms. The highest BCUT2D eigenvalue weighted by Crippen LogP contribution is 2.32. The summed E-state index contributed by atoms with van der Waals surface area (Å²) in [4.78, 5) is 13.7. The van der Waals surface area contributed by atoms with Gasteiger partial charge in [0.25, 0.3) is 0 Å². The van der Waals surface area contributed by atoms with Crippen LogP contribution >= 0.6 is 0 Å². The molecule has 0 unspecified atom stereocenters. The van der Waals surface area contributed by atoms with Crippen LogP contribution in [0.5, 0.6) is 5.75 Å². The van der Waals surface area contributed by atoms with Crippen LogP contribution in [0.4, 0.5) is 18.9 Å². The first kappa shape index (κ1) is 21.0. The van der Waals surface area contributed by atoms with Crippen LogP contribution in [0.25, 0.3) is 0 Å². The van der Waals surface area contributed by atoms with E-state index in [1.54, 1.807) is 31.2 Å². The number of alkyl halides is 3. The molecular weight excluding hydrogens is 387 g/mol. The lowest BCUT2D eigenvalue weighted by molar-refractivity contribution is -0.137. The number of carbonyl (C=O) groups is 1. The van der Waals surface area contributed by atoms with E-state index in [0.717, 1.165) is 17.8 Å². The molecule has 0 radical (unpaired) electrons. The number of nitrogens with zero attached hydrogens (tertiary/aromatic N) is 1. The van der Waals surface area contributed by atoms with Crippen LogP contribution < -0.4 is 9.64 Å². The normalized spacial score (nSPS) is 19.3. The number of ether oxygens (including phenoxy) is 2. The van der Waals surface area contributed by atoms with Gasteiger partial charge in [-0.25, -0.2) is 4.79 Å². The van der Waals surface area contributed by atoms with Gasteiger partial charge in [0.05, 0.1) is 36.9 Å². The monoisotopic (exact) mass is 409 g/mol. The van der Waals surface area contributed by atoms with Crippen molar-refractivity contribution in [3.63, 3.8) is 0 Å². The first-order chi connectivity index (χ1) is 13.8. The van der Waals surface area contributed by atoms with Crippen molar-refractivity contribution in [2.75, 3.05) is 24.7 Å². The summed E-state index contributed by atoms with van der Waals surface area (Å²) in [7, 11) is 0. The van der Waals surface area contributed by atoms with Crippen molar-refractivity contribution >= 4 is 11.7 Å². The third-order valence-electron chi connectivity index (χ3n) is 4.78. The summed E-state index contributed by atoms with van der Waals surface area (Å²) >= 11 is 0. The van der Waals surface area contributed by atoms with Crippen molar-refractivity contribution in [3.8, 4) is 5.75 Å². The van der Waals surface area contributed by atoms with E-state index in [1.165, 1.54) is 12.1 Å². The first-order valence-electron chi connectivity index (χ1n) is 9.30. The Morgan fingerprint density at radius 3 is 2.34 bits per heavy atom. The summed E-state index contributed by atoms with van der Waals surface area (Å²) in [6.07, 6.45) is -4.15. The van der Waals surface area contributed by atoms with E-state index in [1.807, 2.05) is 4.90 Å². The van der Waals surface area contributed by atoms with Gasteiger partial charge in [-0.05, 0) is 55.5 Å². The smallest absolute Gasteiger partial charge is 0.416 e. The molecule has 5 nitrogen and oxygen atoms in total. The van der Waals surface area contributed by atoms with Gasteiger partial charge in [0.2, 0.25) is 0 Å². The van der Waals surface area contributed by atoms with E-state index >= 15 is 0 Å². The zero-order chi connectivity index (χ0) is 21.0. The molecule has 0 spiro atoms. The highest BCUT2D eigenvalue weighted by atomic mass is 19.4. The van der Waals surface area contributed by atoms with Gasteiger partial charge < -0.3 is 19.5 Å².